The molecule has 0 saturated carbocycles. The van der Waals surface area contributed by atoms with E-state index in [4.69, 9.17) is 37.9 Å². The lowest BCUT2D eigenvalue weighted by atomic mass is 10.00. The Morgan fingerprint density at radius 3 is 1.69 bits per heavy atom. The van der Waals surface area contributed by atoms with Gasteiger partial charge in [0.1, 0.15) is 17.9 Å². The lowest BCUT2D eigenvalue weighted by Crippen LogP contribution is -2.51. The minimum Gasteiger partial charge on any atom is -0.490 e. The summed E-state index contributed by atoms with van der Waals surface area (Å²) in [5.41, 5.74) is 2.17. The van der Waals surface area contributed by atoms with Crippen molar-refractivity contribution in [2.24, 2.45) is 4.99 Å². The normalized spacial score (nSPS) is 15.6. The summed E-state index contributed by atoms with van der Waals surface area (Å²) in [6.45, 7) is 6.69. The topological polar surface area (TPSA) is 174 Å². The minimum absolute atomic E-state index is 0.0225. The van der Waals surface area contributed by atoms with Crippen molar-refractivity contribution in [3.8, 4) is 5.75 Å². The van der Waals surface area contributed by atoms with Gasteiger partial charge < -0.3 is 53.8 Å². The molecule has 2 amide bonds. The Kier molecular flexibility index (Phi) is 19.2. The monoisotopic (exact) mass is 826 g/mol. The standard InChI is InChI=1S/C42H52F2N4O11/c1-52-10-11-53-12-13-54-14-15-55-16-17-56-18-19-57-20-21-58-22-23-59-37-9-8-34(43)39(44)38(37)40(49)29-2-4-30(5-3-29)41(50)47-35-27-46-28-36(35)48-42(51)31-6-7-32-25-45-26-33(32)24-31/h2-9,24-25,35-36,46H,10-23,26-28H2,1H3,(H,47,50)(H,48,51)/t35-,36-/m1/s1. The van der Waals surface area contributed by atoms with Crippen LogP contribution in [-0.4, -0.2) is 149 Å². The van der Waals surface area contributed by atoms with Crippen LogP contribution in [0.1, 0.15) is 47.8 Å². The van der Waals surface area contributed by atoms with E-state index in [1.807, 2.05) is 12.1 Å². The molecule has 0 aliphatic carbocycles. The third-order valence-corrected chi connectivity index (χ3v) is 9.21. The highest BCUT2D eigenvalue weighted by Crippen LogP contribution is 2.27. The van der Waals surface area contributed by atoms with Crippen LogP contribution in [0.5, 0.6) is 5.75 Å². The Balaban J connectivity index is 0.964. The second-order valence-corrected chi connectivity index (χ2v) is 13.4. The van der Waals surface area contributed by atoms with E-state index in [1.165, 1.54) is 30.3 Å². The van der Waals surface area contributed by atoms with Crippen molar-refractivity contribution in [3.63, 3.8) is 0 Å². The molecule has 2 atom stereocenters. The molecule has 3 N–H and O–H groups in total. The van der Waals surface area contributed by atoms with Gasteiger partial charge in [-0.2, -0.15) is 0 Å². The predicted molar refractivity (Wildman–Crippen MR) is 212 cm³/mol. The van der Waals surface area contributed by atoms with Crippen LogP contribution in [-0.2, 0) is 39.7 Å². The van der Waals surface area contributed by atoms with Crippen LogP contribution in [0.3, 0.4) is 0 Å². The number of ether oxygens (including phenoxy) is 8. The Hall–Kier alpha value is -4.72. The molecule has 2 aliphatic rings. The van der Waals surface area contributed by atoms with Crippen LogP contribution in [0.2, 0.25) is 0 Å². The molecule has 0 radical (unpaired) electrons. The zero-order valence-corrected chi connectivity index (χ0v) is 33.1. The molecule has 15 nitrogen and oxygen atoms in total. The number of hydrogen-bond acceptors (Lipinski definition) is 13. The number of benzene rings is 3. The molecule has 3 aromatic carbocycles. The predicted octanol–water partition coefficient (Wildman–Crippen LogP) is 2.75. The lowest BCUT2D eigenvalue weighted by molar-refractivity contribution is -0.0199. The second-order valence-electron chi connectivity index (χ2n) is 13.4. The molecule has 17 heteroatoms. The highest BCUT2D eigenvalue weighted by Gasteiger charge is 2.31. The number of carbonyl (C=O) groups is 3. The first-order valence-electron chi connectivity index (χ1n) is 19.5. The first kappa shape index (κ1) is 45.4. The minimum atomic E-state index is -1.35. The largest absolute Gasteiger partial charge is 0.490 e. The van der Waals surface area contributed by atoms with Gasteiger partial charge in [0, 0.05) is 43.1 Å². The van der Waals surface area contributed by atoms with E-state index >= 15 is 4.39 Å². The molecule has 0 spiro atoms. The number of carbonyl (C=O) groups excluding carboxylic acids is 3. The van der Waals surface area contributed by atoms with E-state index in [1.54, 1.807) is 19.4 Å². The van der Waals surface area contributed by atoms with Gasteiger partial charge in [0.2, 0.25) is 0 Å². The van der Waals surface area contributed by atoms with E-state index in [9.17, 15) is 18.8 Å². The summed E-state index contributed by atoms with van der Waals surface area (Å²) in [5, 5.41) is 9.11. The first-order valence-corrected chi connectivity index (χ1v) is 19.5. The number of aliphatic imine (C=N–C) groups is 1. The maximum absolute atomic E-state index is 15.0. The number of amides is 2. The molecule has 0 unspecified atom stereocenters. The van der Waals surface area contributed by atoms with Gasteiger partial charge in [-0.3, -0.25) is 19.4 Å². The molecule has 0 bridgehead atoms. The van der Waals surface area contributed by atoms with Crippen molar-refractivity contribution in [2.75, 3.05) is 113 Å². The molecule has 3 aromatic rings. The number of fused-ring (bicyclic) bond motifs is 1. The van der Waals surface area contributed by atoms with Crippen molar-refractivity contribution in [3.05, 3.63) is 99.6 Å². The van der Waals surface area contributed by atoms with Crippen molar-refractivity contribution in [1.29, 1.82) is 0 Å². The highest BCUT2D eigenvalue weighted by atomic mass is 19.2. The maximum Gasteiger partial charge on any atom is 0.251 e. The molecule has 59 heavy (non-hydrogen) atoms. The smallest absolute Gasteiger partial charge is 0.251 e. The molecule has 1 saturated heterocycles. The van der Waals surface area contributed by atoms with Gasteiger partial charge in [-0.1, -0.05) is 18.2 Å². The van der Waals surface area contributed by atoms with Gasteiger partial charge in [-0.05, 0) is 47.5 Å². The summed E-state index contributed by atoms with van der Waals surface area (Å²) < 4.78 is 72.4. The maximum atomic E-state index is 15.0. The van der Waals surface area contributed by atoms with Crippen LogP contribution in [0.15, 0.2) is 59.6 Å². The average molecular weight is 827 g/mol. The summed E-state index contributed by atoms with van der Waals surface area (Å²) >= 11 is 0. The number of halogens is 2. The van der Waals surface area contributed by atoms with E-state index in [2.05, 4.69) is 20.9 Å². The third kappa shape index (κ3) is 14.5. The Morgan fingerprint density at radius 2 is 1.14 bits per heavy atom. The van der Waals surface area contributed by atoms with E-state index in [-0.39, 0.29) is 48.6 Å². The van der Waals surface area contributed by atoms with Gasteiger partial charge >= 0.3 is 0 Å². The SMILES string of the molecule is COCCOCCOCCOCCOCCOCCOCCOc1ccc(F)c(F)c1C(=O)c1ccc(C(=O)N[C@@H]2CNC[C@H]2NC(=O)c2ccc3c(c2)CN=C3)cc1. The number of rotatable bonds is 28. The molecule has 2 heterocycles. The van der Waals surface area contributed by atoms with Gasteiger partial charge in [0.05, 0.1) is 105 Å². The first-order chi connectivity index (χ1) is 28.9. The van der Waals surface area contributed by atoms with E-state index in [0.717, 1.165) is 17.2 Å². The average Bonchev–Trinajstić information content (AvgIpc) is 3.91. The molecular formula is C42H52F2N4O11. The Bertz CT molecular complexity index is 1830. The quantitative estimate of drug-likeness (QED) is 0.0724. The summed E-state index contributed by atoms with van der Waals surface area (Å²) in [5.74, 6) is -4.22. The molecule has 0 aromatic heterocycles. The van der Waals surface area contributed by atoms with Crippen LogP contribution >= 0.6 is 0 Å². The number of nitrogens with one attached hydrogen (secondary N) is 3. The fourth-order valence-corrected chi connectivity index (χ4v) is 6.07. The molecule has 2 aliphatic heterocycles. The third-order valence-electron chi connectivity index (χ3n) is 9.21. The van der Waals surface area contributed by atoms with Crippen molar-refractivity contribution >= 4 is 23.8 Å². The van der Waals surface area contributed by atoms with Crippen molar-refractivity contribution < 1.29 is 61.1 Å². The molecular weight excluding hydrogens is 774 g/mol. The summed E-state index contributed by atoms with van der Waals surface area (Å²) in [7, 11) is 1.62. The highest BCUT2D eigenvalue weighted by molar-refractivity contribution is 6.11. The number of ketones is 1. The summed E-state index contributed by atoms with van der Waals surface area (Å²) in [6, 6.07) is 12.3. The number of hydrogen-bond donors (Lipinski definition) is 3. The fourth-order valence-electron chi connectivity index (χ4n) is 6.07. The molecule has 320 valence electrons. The molecule has 1 fully saturated rings. The Labute approximate surface area is 342 Å². The Morgan fingerprint density at radius 1 is 0.644 bits per heavy atom. The fraction of sp³-hybridized carbons (Fsp3) is 0.476. The summed E-state index contributed by atoms with van der Waals surface area (Å²) in [6.07, 6.45) is 1.78. The van der Waals surface area contributed by atoms with Gasteiger partial charge in [0.25, 0.3) is 11.8 Å². The van der Waals surface area contributed by atoms with Crippen molar-refractivity contribution in [1.82, 2.24) is 16.0 Å². The van der Waals surface area contributed by atoms with Crippen LogP contribution in [0.25, 0.3) is 0 Å². The van der Waals surface area contributed by atoms with Gasteiger partial charge in [0.15, 0.2) is 17.4 Å². The van der Waals surface area contributed by atoms with Crippen LogP contribution in [0, 0.1) is 11.6 Å². The molecule has 5 rings (SSSR count). The number of nitrogens with zero attached hydrogens (tertiary/aromatic N) is 1. The van der Waals surface area contributed by atoms with Gasteiger partial charge in [-0.15, -0.1) is 0 Å². The van der Waals surface area contributed by atoms with E-state index < -0.39 is 34.9 Å². The van der Waals surface area contributed by atoms with Gasteiger partial charge in [-0.25, -0.2) is 8.78 Å². The van der Waals surface area contributed by atoms with Crippen molar-refractivity contribution in [2.45, 2.75) is 18.6 Å². The van der Waals surface area contributed by atoms with Crippen LogP contribution < -0.4 is 20.7 Å². The second kappa shape index (κ2) is 25.0. The summed E-state index contributed by atoms with van der Waals surface area (Å²) in [4.78, 5) is 43.8. The van der Waals surface area contributed by atoms with E-state index in [0.29, 0.717) is 97.9 Å². The zero-order valence-electron chi connectivity index (χ0n) is 33.1. The number of methoxy groups -OCH3 is 1. The lowest BCUT2D eigenvalue weighted by Gasteiger charge is -2.21. The zero-order chi connectivity index (χ0) is 41.7. The van der Waals surface area contributed by atoms with Crippen LogP contribution in [0.4, 0.5) is 8.78 Å².